The Bertz CT molecular complexity index is 826. The number of allylic oxidation sites excluding steroid dienone is 1. The third kappa shape index (κ3) is 4.23. The summed E-state index contributed by atoms with van der Waals surface area (Å²) in [6, 6.07) is 6.01. The lowest BCUT2D eigenvalue weighted by Gasteiger charge is -2.33. The molecule has 30 heavy (non-hydrogen) atoms. The van der Waals surface area contributed by atoms with Crippen molar-refractivity contribution in [1.29, 1.82) is 0 Å². The lowest BCUT2D eigenvalue weighted by Crippen LogP contribution is -2.45. The maximum Gasteiger partial charge on any atom is 0.247 e. The van der Waals surface area contributed by atoms with Crippen molar-refractivity contribution >= 4 is 35.0 Å². The number of rotatable bonds is 7. The molecule has 8 heteroatoms. The van der Waals surface area contributed by atoms with Crippen LogP contribution in [0.4, 0.5) is 5.69 Å². The Morgan fingerprint density at radius 1 is 1.17 bits per heavy atom. The molecule has 1 heterocycles. The zero-order chi connectivity index (χ0) is 21.8. The molecule has 1 aromatic rings. The van der Waals surface area contributed by atoms with Gasteiger partial charge in [-0.3, -0.25) is 14.4 Å². The summed E-state index contributed by atoms with van der Waals surface area (Å²) in [5.41, 5.74) is 0.580. The minimum absolute atomic E-state index is 0.0621. The summed E-state index contributed by atoms with van der Waals surface area (Å²) in [5.74, 6) is -2.29. The number of nitrogens with one attached hydrogen (secondary N) is 2. The van der Waals surface area contributed by atoms with Gasteiger partial charge in [0.2, 0.25) is 17.7 Å². The number of carbonyl (C=O) groups excluding carboxylic acids is 3. The topological polar surface area (TPSA) is 98.7 Å². The number of benzene rings is 1. The van der Waals surface area contributed by atoms with Gasteiger partial charge in [0.1, 0.15) is 6.04 Å². The Labute approximate surface area is 181 Å². The Kier molecular flexibility index (Phi) is 7.15. The second-order valence-corrected chi connectivity index (χ2v) is 8.19. The smallest absolute Gasteiger partial charge is 0.247 e. The minimum Gasteiger partial charge on any atom is -0.396 e. The average Bonchev–Trinajstić information content (AvgIpc) is 3.04. The second kappa shape index (κ2) is 9.62. The van der Waals surface area contributed by atoms with Gasteiger partial charge in [0.05, 0.1) is 11.8 Å². The fourth-order valence-corrected chi connectivity index (χ4v) is 4.77. The van der Waals surface area contributed by atoms with Crippen molar-refractivity contribution in [3.8, 4) is 0 Å². The molecule has 0 bridgehead atoms. The summed E-state index contributed by atoms with van der Waals surface area (Å²) >= 11 is 5.92. The van der Waals surface area contributed by atoms with Crippen LogP contribution in [0.1, 0.15) is 19.8 Å². The van der Waals surface area contributed by atoms with Gasteiger partial charge in [-0.25, -0.2) is 0 Å². The standard InChI is InChI=1S/C22H28ClN3O4/c1-3-13-5-10-16-18(17(13)20(28)24-2)22(30)26(11-4-12-27)19(16)21(29)25-15-8-6-14(23)7-9-15/h5-10,13,16-19,27H,3-4,11-12H2,1-2H3,(H,24,28)(H,25,29)/t13-,16+,17-,18+,19+/m1/s1. The molecule has 3 rings (SSSR count). The Morgan fingerprint density at radius 3 is 2.47 bits per heavy atom. The van der Waals surface area contributed by atoms with Crippen molar-refractivity contribution in [3.63, 3.8) is 0 Å². The number of carbonyl (C=O) groups is 3. The van der Waals surface area contributed by atoms with E-state index in [9.17, 15) is 19.5 Å². The maximum atomic E-state index is 13.4. The van der Waals surface area contributed by atoms with Crippen LogP contribution in [-0.2, 0) is 14.4 Å². The zero-order valence-electron chi connectivity index (χ0n) is 17.2. The molecule has 3 amide bonds. The van der Waals surface area contributed by atoms with E-state index in [-0.39, 0.29) is 36.8 Å². The molecule has 0 unspecified atom stereocenters. The highest BCUT2D eigenvalue weighted by molar-refractivity contribution is 6.30. The van der Waals surface area contributed by atoms with Crippen LogP contribution in [0.2, 0.25) is 5.02 Å². The SMILES string of the molecule is CC[C@@H]1C=C[C@H]2[C@H](C(=O)N(CCCO)[C@@H]2C(=O)Nc2ccc(Cl)cc2)[C@@H]1C(=O)NC. The summed E-state index contributed by atoms with van der Waals surface area (Å²) in [7, 11) is 1.57. The Morgan fingerprint density at radius 2 is 1.87 bits per heavy atom. The number of likely N-dealkylation sites (tertiary alicyclic amines) is 1. The molecule has 2 aliphatic rings. The van der Waals surface area contributed by atoms with Gasteiger partial charge in [0, 0.05) is 36.8 Å². The Hall–Kier alpha value is -2.38. The first-order chi connectivity index (χ1) is 14.4. The second-order valence-electron chi connectivity index (χ2n) is 7.75. The molecule has 5 atom stereocenters. The molecule has 0 spiro atoms. The van der Waals surface area contributed by atoms with Crippen LogP contribution in [-0.4, -0.2) is 54.0 Å². The summed E-state index contributed by atoms with van der Waals surface area (Å²) in [6.45, 7) is 2.15. The molecule has 0 saturated carbocycles. The highest BCUT2D eigenvalue weighted by Gasteiger charge is 2.56. The lowest BCUT2D eigenvalue weighted by molar-refractivity contribution is -0.140. The molecule has 1 fully saturated rings. The third-order valence-electron chi connectivity index (χ3n) is 6.07. The van der Waals surface area contributed by atoms with Gasteiger partial charge in [-0.05, 0) is 43.0 Å². The lowest BCUT2D eigenvalue weighted by atomic mass is 9.69. The van der Waals surface area contributed by atoms with E-state index >= 15 is 0 Å². The van der Waals surface area contributed by atoms with Crippen LogP contribution in [0.15, 0.2) is 36.4 Å². The van der Waals surface area contributed by atoms with Crippen molar-refractivity contribution in [1.82, 2.24) is 10.2 Å². The van der Waals surface area contributed by atoms with Crippen molar-refractivity contribution in [2.24, 2.45) is 23.7 Å². The first kappa shape index (κ1) is 22.3. The fourth-order valence-electron chi connectivity index (χ4n) is 4.64. The zero-order valence-corrected chi connectivity index (χ0v) is 17.9. The van der Waals surface area contributed by atoms with Crippen LogP contribution >= 0.6 is 11.6 Å². The number of halogens is 1. The van der Waals surface area contributed by atoms with Crippen LogP contribution in [0.3, 0.4) is 0 Å². The predicted molar refractivity (Wildman–Crippen MR) is 115 cm³/mol. The molecule has 1 aliphatic carbocycles. The molecule has 1 aromatic carbocycles. The summed E-state index contributed by atoms with van der Waals surface area (Å²) in [6.07, 6.45) is 4.97. The number of fused-ring (bicyclic) bond motifs is 1. The average molecular weight is 434 g/mol. The van der Waals surface area contributed by atoms with E-state index in [1.54, 1.807) is 31.3 Å². The fraction of sp³-hybridized carbons (Fsp3) is 0.500. The number of hydrogen-bond donors (Lipinski definition) is 3. The maximum absolute atomic E-state index is 13.4. The number of aliphatic hydroxyl groups is 1. The first-order valence-electron chi connectivity index (χ1n) is 10.3. The Balaban J connectivity index is 1.94. The number of amides is 3. The highest BCUT2D eigenvalue weighted by Crippen LogP contribution is 2.45. The monoisotopic (exact) mass is 433 g/mol. The highest BCUT2D eigenvalue weighted by atomic mass is 35.5. The van der Waals surface area contributed by atoms with E-state index in [0.29, 0.717) is 17.1 Å². The van der Waals surface area contributed by atoms with Gasteiger partial charge in [-0.1, -0.05) is 30.7 Å². The predicted octanol–water partition coefficient (Wildman–Crippen LogP) is 2.06. The minimum atomic E-state index is -0.744. The number of aliphatic hydroxyl groups excluding tert-OH is 1. The molecule has 162 valence electrons. The van der Waals surface area contributed by atoms with Crippen molar-refractivity contribution < 1.29 is 19.5 Å². The number of anilines is 1. The molecular formula is C22H28ClN3O4. The third-order valence-corrected chi connectivity index (χ3v) is 6.32. The molecule has 3 N–H and O–H groups in total. The van der Waals surface area contributed by atoms with E-state index in [0.717, 1.165) is 6.42 Å². The molecule has 1 aliphatic heterocycles. The van der Waals surface area contributed by atoms with Gasteiger partial charge in [0.25, 0.3) is 0 Å². The molecule has 1 saturated heterocycles. The van der Waals surface area contributed by atoms with Crippen LogP contribution in [0.5, 0.6) is 0 Å². The van der Waals surface area contributed by atoms with E-state index in [1.165, 1.54) is 4.90 Å². The summed E-state index contributed by atoms with van der Waals surface area (Å²) in [4.78, 5) is 40.8. The molecule has 7 nitrogen and oxygen atoms in total. The van der Waals surface area contributed by atoms with Crippen LogP contribution in [0, 0.1) is 23.7 Å². The molecule has 0 aromatic heterocycles. The van der Waals surface area contributed by atoms with Crippen molar-refractivity contribution in [3.05, 3.63) is 41.4 Å². The molecule has 0 radical (unpaired) electrons. The summed E-state index contributed by atoms with van der Waals surface area (Å²) < 4.78 is 0. The first-order valence-corrected chi connectivity index (χ1v) is 10.7. The normalized spacial score (nSPS) is 27.7. The quantitative estimate of drug-likeness (QED) is 0.573. The largest absolute Gasteiger partial charge is 0.396 e. The van der Waals surface area contributed by atoms with E-state index < -0.39 is 23.8 Å². The number of hydrogen-bond acceptors (Lipinski definition) is 4. The van der Waals surface area contributed by atoms with E-state index in [2.05, 4.69) is 10.6 Å². The van der Waals surface area contributed by atoms with Gasteiger partial charge < -0.3 is 20.6 Å². The van der Waals surface area contributed by atoms with Crippen LogP contribution < -0.4 is 10.6 Å². The van der Waals surface area contributed by atoms with Crippen LogP contribution in [0.25, 0.3) is 0 Å². The number of nitrogens with zero attached hydrogens (tertiary/aromatic N) is 1. The van der Waals surface area contributed by atoms with Gasteiger partial charge in [-0.15, -0.1) is 0 Å². The van der Waals surface area contributed by atoms with E-state index in [4.69, 9.17) is 11.6 Å². The van der Waals surface area contributed by atoms with Crippen molar-refractivity contribution in [2.45, 2.75) is 25.8 Å². The molecular weight excluding hydrogens is 406 g/mol. The van der Waals surface area contributed by atoms with Gasteiger partial charge in [-0.2, -0.15) is 0 Å². The van der Waals surface area contributed by atoms with Gasteiger partial charge in [0.15, 0.2) is 0 Å². The summed E-state index contributed by atoms with van der Waals surface area (Å²) in [5, 5.41) is 15.4. The van der Waals surface area contributed by atoms with E-state index in [1.807, 2.05) is 19.1 Å². The van der Waals surface area contributed by atoms with Gasteiger partial charge >= 0.3 is 0 Å². The van der Waals surface area contributed by atoms with Crippen molar-refractivity contribution in [2.75, 3.05) is 25.5 Å².